The van der Waals surface area contributed by atoms with Crippen LogP contribution in [-0.2, 0) is 26.1 Å². The van der Waals surface area contributed by atoms with Crippen LogP contribution < -0.4 is 15.4 Å². The third kappa shape index (κ3) is 6.59. The Bertz CT molecular complexity index is 891. The van der Waals surface area contributed by atoms with Gasteiger partial charge in [0.15, 0.2) is 11.8 Å². The molecule has 2 aromatic rings. The van der Waals surface area contributed by atoms with E-state index >= 15 is 0 Å². The molecule has 2 heterocycles. The number of hydrogen-bond donors (Lipinski definition) is 2. The summed E-state index contributed by atoms with van der Waals surface area (Å²) in [4.78, 5) is 4.84. The summed E-state index contributed by atoms with van der Waals surface area (Å²) < 4.78 is 8.62. The van der Waals surface area contributed by atoms with Gasteiger partial charge >= 0.3 is 0 Å². The van der Waals surface area contributed by atoms with Gasteiger partial charge in [-0.2, -0.15) is 0 Å². The van der Waals surface area contributed by atoms with E-state index in [0.717, 1.165) is 61.3 Å². The second-order valence-electron chi connectivity index (χ2n) is 8.68. The fourth-order valence-corrected chi connectivity index (χ4v) is 4.43. The maximum absolute atomic E-state index is 6.34. The number of aryl methyl sites for hydroxylation is 2. The lowest BCUT2D eigenvalue weighted by Crippen LogP contribution is -2.37. The molecule has 0 bridgehead atoms. The predicted molar refractivity (Wildman–Crippen MR) is 139 cm³/mol. The van der Waals surface area contributed by atoms with Gasteiger partial charge in [-0.1, -0.05) is 18.6 Å². The minimum absolute atomic E-state index is 0. The summed E-state index contributed by atoms with van der Waals surface area (Å²) in [5.74, 6) is 3.88. The monoisotopic (exact) mass is 552 g/mol. The van der Waals surface area contributed by atoms with Crippen LogP contribution in [0.3, 0.4) is 0 Å². The van der Waals surface area contributed by atoms with Crippen LogP contribution in [0, 0.1) is 6.92 Å². The van der Waals surface area contributed by atoms with Crippen LogP contribution >= 0.6 is 24.0 Å². The highest BCUT2D eigenvalue weighted by Crippen LogP contribution is 2.28. The van der Waals surface area contributed by atoms with E-state index in [1.165, 1.54) is 37.7 Å². The first-order valence-electron chi connectivity index (χ1n) is 11.9. The largest absolute Gasteiger partial charge is 0.490 e. The number of rotatable bonds is 7. The molecule has 2 N–H and O–H groups in total. The lowest BCUT2D eigenvalue weighted by atomic mass is 10.1. The van der Waals surface area contributed by atoms with Crippen LogP contribution in [0.25, 0.3) is 0 Å². The average Bonchev–Trinajstić information content (AvgIpc) is 3.35. The lowest BCUT2D eigenvalue weighted by Gasteiger charge is -2.17. The van der Waals surface area contributed by atoms with Gasteiger partial charge in [-0.3, -0.25) is 0 Å². The molecule has 0 saturated heterocycles. The van der Waals surface area contributed by atoms with Gasteiger partial charge in [-0.05, 0) is 64.0 Å². The van der Waals surface area contributed by atoms with Crippen molar-refractivity contribution in [1.29, 1.82) is 0 Å². The standard InChI is InChI=1S/C24H36N6O.HI/c1-3-25-24(27-17-23-29-28-22-11-5-4-8-14-30(22)23)26-16-19-13-12-18(2)15-21(19)31-20-9-6-7-10-20;/h12-13,15,20H,3-11,14,16-17H2,1-2H3,(H2,25,26,27);1H. The highest BCUT2D eigenvalue weighted by molar-refractivity contribution is 14.0. The van der Waals surface area contributed by atoms with E-state index in [4.69, 9.17) is 9.73 Å². The zero-order valence-corrected chi connectivity index (χ0v) is 21.7. The molecule has 1 fully saturated rings. The summed E-state index contributed by atoms with van der Waals surface area (Å²) in [6.45, 7) is 7.22. The molecule has 176 valence electrons. The maximum Gasteiger partial charge on any atom is 0.191 e. The van der Waals surface area contributed by atoms with E-state index in [9.17, 15) is 0 Å². The predicted octanol–water partition coefficient (Wildman–Crippen LogP) is 4.51. The number of halogens is 1. The second-order valence-corrected chi connectivity index (χ2v) is 8.68. The van der Waals surface area contributed by atoms with Gasteiger partial charge in [0.1, 0.15) is 11.6 Å². The summed E-state index contributed by atoms with van der Waals surface area (Å²) >= 11 is 0. The Morgan fingerprint density at radius 1 is 1.12 bits per heavy atom. The topological polar surface area (TPSA) is 76.4 Å². The zero-order valence-electron chi connectivity index (χ0n) is 19.4. The Morgan fingerprint density at radius 3 is 2.78 bits per heavy atom. The van der Waals surface area contributed by atoms with Crippen LogP contribution in [0.5, 0.6) is 5.75 Å². The van der Waals surface area contributed by atoms with Crippen molar-refractivity contribution in [3.8, 4) is 5.75 Å². The number of hydrogen-bond acceptors (Lipinski definition) is 4. The van der Waals surface area contributed by atoms with Crippen molar-refractivity contribution in [3.05, 3.63) is 41.0 Å². The number of aromatic nitrogens is 3. The van der Waals surface area contributed by atoms with Crippen molar-refractivity contribution in [1.82, 2.24) is 25.4 Å². The number of nitrogens with zero attached hydrogens (tertiary/aromatic N) is 4. The molecule has 2 aliphatic rings. The molecule has 1 aliphatic carbocycles. The van der Waals surface area contributed by atoms with Crippen molar-refractivity contribution in [2.45, 2.75) is 91.0 Å². The first-order chi connectivity index (χ1) is 15.2. The number of nitrogens with one attached hydrogen (secondary N) is 2. The smallest absolute Gasteiger partial charge is 0.191 e. The van der Waals surface area contributed by atoms with E-state index in [1.54, 1.807) is 0 Å². The quantitative estimate of drug-likeness (QED) is 0.301. The van der Waals surface area contributed by atoms with Crippen LogP contribution in [0.15, 0.2) is 23.2 Å². The van der Waals surface area contributed by atoms with Gasteiger partial charge < -0.3 is 19.9 Å². The van der Waals surface area contributed by atoms with Crippen molar-refractivity contribution < 1.29 is 4.74 Å². The van der Waals surface area contributed by atoms with E-state index in [-0.39, 0.29) is 24.0 Å². The number of benzene rings is 1. The molecule has 0 amide bonds. The molecule has 7 nitrogen and oxygen atoms in total. The summed E-state index contributed by atoms with van der Waals surface area (Å²) in [5, 5.41) is 15.6. The number of guanidine groups is 1. The Morgan fingerprint density at radius 2 is 1.97 bits per heavy atom. The summed E-state index contributed by atoms with van der Waals surface area (Å²) in [5.41, 5.74) is 2.35. The van der Waals surface area contributed by atoms with Gasteiger partial charge in [-0.15, -0.1) is 34.2 Å². The molecule has 8 heteroatoms. The number of fused-ring (bicyclic) bond motifs is 1. The maximum atomic E-state index is 6.34. The molecule has 32 heavy (non-hydrogen) atoms. The highest BCUT2D eigenvalue weighted by atomic mass is 127. The van der Waals surface area contributed by atoms with Crippen LogP contribution in [-0.4, -0.2) is 33.4 Å². The van der Waals surface area contributed by atoms with Crippen molar-refractivity contribution >= 4 is 29.9 Å². The van der Waals surface area contributed by atoms with E-state index in [2.05, 4.69) is 57.4 Å². The van der Waals surface area contributed by atoms with Crippen LogP contribution in [0.4, 0.5) is 0 Å². The third-order valence-corrected chi connectivity index (χ3v) is 6.17. The summed E-state index contributed by atoms with van der Waals surface area (Å²) in [6.07, 6.45) is 9.89. The molecule has 4 rings (SSSR count). The van der Waals surface area contributed by atoms with Crippen molar-refractivity contribution in [3.63, 3.8) is 0 Å². The second kappa shape index (κ2) is 12.4. The number of aliphatic imine (C=N–C) groups is 1. The summed E-state index contributed by atoms with van der Waals surface area (Å²) in [6, 6.07) is 6.43. The van der Waals surface area contributed by atoms with Gasteiger partial charge in [0.05, 0.1) is 19.2 Å². The van der Waals surface area contributed by atoms with Gasteiger partial charge in [0.2, 0.25) is 0 Å². The van der Waals surface area contributed by atoms with Gasteiger partial charge in [0.25, 0.3) is 0 Å². The molecule has 0 atom stereocenters. The Kier molecular flexibility index (Phi) is 9.62. The fourth-order valence-electron chi connectivity index (χ4n) is 4.43. The SMILES string of the molecule is CCNC(=NCc1ccc(C)cc1OC1CCCC1)NCc1nnc2n1CCCCC2.I. The molecule has 0 unspecified atom stereocenters. The van der Waals surface area contributed by atoms with Crippen LogP contribution in [0.1, 0.15) is 74.6 Å². The summed E-state index contributed by atoms with van der Waals surface area (Å²) in [7, 11) is 0. The Labute approximate surface area is 208 Å². The van der Waals surface area contributed by atoms with Crippen LogP contribution in [0.2, 0.25) is 0 Å². The molecule has 1 aromatic heterocycles. The molecular formula is C24H37IN6O. The molecule has 1 saturated carbocycles. The zero-order chi connectivity index (χ0) is 21.5. The Balaban J connectivity index is 0.00000289. The van der Waals surface area contributed by atoms with Gasteiger partial charge in [0, 0.05) is 25.1 Å². The third-order valence-electron chi connectivity index (χ3n) is 6.17. The normalized spacial score (nSPS) is 16.8. The lowest BCUT2D eigenvalue weighted by molar-refractivity contribution is 0.208. The molecule has 0 spiro atoms. The molecule has 1 aromatic carbocycles. The molecule has 0 radical (unpaired) electrons. The first kappa shape index (κ1) is 24.8. The van der Waals surface area contributed by atoms with Crippen molar-refractivity contribution in [2.24, 2.45) is 4.99 Å². The van der Waals surface area contributed by atoms with E-state index < -0.39 is 0 Å². The number of ether oxygens (including phenoxy) is 1. The van der Waals surface area contributed by atoms with Crippen molar-refractivity contribution in [2.75, 3.05) is 6.54 Å². The minimum Gasteiger partial charge on any atom is -0.490 e. The molecule has 1 aliphatic heterocycles. The minimum atomic E-state index is 0. The highest BCUT2D eigenvalue weighted by Gasteiger charge is 2.18. The molecular weight excluding hydrogens is 515 g/mol. The fraction of sp³-hybridized carbons (Fsp3) is 0.625. The van der Waals surface area contributed by atoms with E-state index in [0.29, 0.717) is 19.2 Å². The first-order valence-corrected chi connectivity index (χ1v) is 11.9. The van der Waals surface area contributed by atoms with Gasteiger partial charge in [-0.25, -0.2) is 4.99 Å². The Hall–Kier alpha value is -1.84. The average molecular weight is 553 g/mol. The van der Waals surface area contributed by atoms with E-state index in [1.807, 2.05) is 0 Å².